The van der Waals surface area contributed by atoms with Gasteiger partial charge in [-0.2, -0.15) is 9.78 Å². The molecule has 8 nitrogen and oxygen atoms in total. The maximum absolute atomic E-state index is 12.3. The first-order chi connectivity index (χ1) is 12.0. The lowest BCUT2D eigenvalue weighted by Crippen LogP contribution is -2.41. The molecule has 2 aromatic rings. The summed E-state index contributed by atoms with van der Waals surface area (Å²) in [7, 11) is 0. The Morgan fingerprint density at radius 3 is 2.64 bits per heavy atom. The topological polar surface area (TPSA) is 109 Å². The van der Waals surface area contributed by atoms with Gasteiger partial charge in [0.2, 0.25) is 0 Å². The molecule has 0 radical (unpaired) electrons. The molecule has 2 heterocycles. The van der Waals surface area contributed by atoms with E-state index in [0.29, 0.717) is 37.3 Å². The Balaban J connectivity index is 1.62. The zero-order chi connectivity index (χ0) is 17.8. The fraction of sp³-hybridized carbons (Fsp3) is 0.412. The predicted molar refractivity (Wildman–Crippen MR) is 91.6 cm³/mol. The van der Waals surface area contributed by atoms with E-state index in [1.807, 2.05) is 25.1 Å². The number of carbonyl (C=O) groups excluding carboxylic acids is 1. The van der Waals surface area contributed by atoms with E-state index < -0.39 is 5.97 Å². The molecule has 1 fully saturated rings. The van der Waals surface area contributed by atoms with E-state index in [1.54, 1.807) is 16.9 Å². The first-order valence-electron chi connectivity index (χ1n) is 8.31. The second kappa shape index (κ2) is 7.33. The van der Waals surface area contributed by atoms with E-state index in [0.717, 1.165) is 5.69 Å². The van der Waals surface area contributed by atoms with Crippen molar-refractivity contribution >= 4 is 17.8 Å². The van der Waals surface area contributed by atoms with Crippen molar-refractivity contribution in [2.24, 2.45) is 5.92 Å². The van der Waals surface area contributed by atoms with E-state index in [1.165, 1.54) is 0 Å². The highest BCUT2D eigenvalue weighted by atomic mass is 16.4. The third-order valence-corrected chi connectivity index (χ3v) is 4.35. The van der Waals surface area contributed by atoms with Crippen LogP contribution in [0.2, 0.25) is 0 Å². The average molecular weight is 343 g/mol. The molecule has 0 aromatic carbocycles. The summed E-state index contributed by atoms with van der Waals surface area (Å²) >= 11 is 0. The molecule has 2 aromatic heterocycles. The number of carbonyl (C=O) groups is 2. The van der Waals surface area contributed by atoms with Gasteiger partial charge in [-0.1, -0.05) is 6.07 Å². The quantitative estimate of drug-likeness (QED) is 0.789. The summed E-state index contributed by atoms with van der Waals surface area (Å²) in [5.74, 6) is 0.104. The summed E-state index contributed by atoms with van der Waals surface area (Å²) in [6.45, 7) is 1.84. The highest BCUT2D eigenvalue weighted by Gasteiger charge is 2.26. The van der Waals surface area contributed by atoms with E-state index in [9.17, 15) is 9.59 Å². The third kappa shape index (κ3) is 4.14. The summed E-state index contributed by atoms with van der Waals surface area (Å²) in [5, 5.41) is 19.1. The number of aromatic nitrogens is 3. The summed E-state index contributed by atoms with van der Waals surface area (Å²) in [4.78, 5) is 27.5. The van der Waals surface area contributed by atoms with Gasteiger partial charge in [0.1, 0.15) is 5.82 Å². The Kier molecular flexibility index (Phi) is 4.97. The predicted octanol–water partition coefficient (Wildman–Crippen LogP) is 2.34. The largest absolute Gasteiger partial charge is 0.481 e. The fourth-order valence-corrected chi connectivity index (χ4v) is 3.06. The van der Waals surface area contributed by atoms with Gasteiger partial charge < -0.3 is 10.4 Å². The van der Waals surface area contributed by atoms with Crippen LogP contribution in [0.3, 0.4) is 0 Å². The first-order valence-corrected chi connectivity index (χ1v) is 8.31. The van der Waals surface area contributed by atoms with Crippen molar-refractivity contribution in [1.82, 2.24) is 20.1 Å². The molecule has 3 rings (SSSR count). The maximum atomic E-state index is 12.3. The minimum atomic E-state index is -0.752. The van der Waals surface area contributed by atoms with Gasteiger partial charge in [-0.25, -0.2) is 9.78 Å². The molecule has 0 atom stereocenters. The lowest BCUT2D eigenvalue weighted by molar-refractivity contribution is -0.142. The van der Waals surface area contributed by atoms with E-state index in [2.05, 4.69) is 20.7 Å². The molecule has 0 spiro atoms. The molecule has 1 aliphatic rings. The van der Waals surface area contributed by atoms with Crippen LogP contribution in [-0.2, 0) is 4.79 Å². The molecule has 0 saturated heterocycles. The van der Waals surface area contributed by atoms with Gasteiger partial charge in [0.15, 0.2) is 5.82 Å². The summed E-state index contributed by atoms with van der Waals surface area (Å²) < 4.78 is 1.58. The zero-order valence-electron chi connectivity index (χ0n) is 14.0. The van der Waals surface area contributed by atoms with Crippen LogP contribution < -0.4 is 10.6 Å². The number of aliphatic carboxylic acids is 1. The SMILES string of the molecule is Cc1cc(NC(=O)NC2CCC(C(=O)O)CC2)n(-c2ccccn2)n1. The molecular formula is C17H21N5O3. The molecule has 25 heavy (non-hydrogen) atoms. The summed E-state index contributed by atoms with van der Waals surface area (Å²) in [6.07, 6.45) is 4.18. The maximum Gasteiger partial charge on any atom is 0.320 e. The van der Waals surface area contributed by atoms with Crippen molar-refractivity contribution in [2.75, 3.05) is 5.32 Å². The number of anilines is 1. The van der Waals surface area contributed by atoms with Crippen LogP contribution in [-0.4, -0.2) is 37.9 Å². The van der Waals surface area contributed by atoms with Crippen LogP contribution in [0, 0.1) is 12.8 Å². The van der Waals surface area contributed by atoms with Gasteiger partial charge in [-0.3, -0.25) is 10.1 Å². The third-order valence-electron chi connectivity index (χ3n) is 4.35. The van der Waals surface area contributed by atoms with Gasteiger partial charge in [0.05, 0.1) is 11.6 Å². The van der Waals surface area contributed by atoms with Gasteiger partial charge in [-0.05, 0) is 44.7 Å². The van der Waals surface area contributed by atoms with E-state index >= 15 is 0 Å². The van der Waals surface area contributed by atoms with Crippen molar-refractivity contribution < 1.29 is 14.7 Å². The van der Waals surface area contributed by atoms with E-state index in [4.69, 9.17) is 5.11 Å². The Morgan fingerprint density at radius 2 is 2.00 bits per heavy atom. The van der Waals surface area contributed by atoms with Crippen molar-refractivity contribution in [3.05, 3.63) is 36.2 Å². The van der Waals surface area contributed by atoms with Crippen molar-refractivity contribution in [2.45, 2.75) is 38.6 Å². The molecule has 0 unspecified atom stereocenters. The van der Waals surface area contributed by atoms with Gasteiger partial charge in [0.25, 0.3) is 0 Å². The smallest absolute Gasteiger partial charge is 0.320 e. The summed E-state index contributed by atoms with van der Waals surface area (Å²) in [6, 6.07) is 6.91. The molecule has 3 N–H and O–H groups in total. The minimum absolute atomic E-state index is 0.0112. The molecule has 1 saturated carbocycles. The van der Waals surface area contributed by atoms with Crippen LogP contribution in [0.1, 0.15) is 31.4 Å². The first kappa shape index (κ1) is 16.9. The zero-order valence-corrected chi connectivity index (χ0v) is 14.0. The lowest BCUT2D eigenvalue weighted by Gasteiger charge is -2.26. The van der Waals surface area contributed by atoms with Gasteiger partial charge in [-0.15, -0.1) is 0 Å². The minimum Gasteiger partial charge on any atom is -0.481 e. The van der Waals surface area contributed by atoms with Crippen molar-refractivity contribution in [1.29, 1.82) is 0 Å². The Bertz CT molecular complexity index is 751. The molecule has 0 aliphatic heterocycles. The Labute approximate surface area is 145 Å². The van der Waals surface area contributed by atoms with Crippen LogP contribution >= 0.6 is 0 Å². The Hall–Kier alpha value is -2.90. The molecule has 0 bridgehead atoms. The van der Waals surface area contributed by atoms with Crippen molar-refractivity contribution in [3.8, 4) is 5.82 Å². The standard InChI is InChI=1S/C17H21N5O3/c1-11-10-15(22(21-11)14-4-2-3-9-18-14)20-17(25)19-13-7-5-12(6-8-13)16(23)24/h2-4,9-10,12-13H,5-8H2,1H3,(H,23,24)(H2,19,20,25). The number of aryl methyl sites for hydroxylation is 1. The highest BCUT2D eigenvalue weighted by Crippen LogP contribution is 2.24. The van der Waals surface area contributed by atoms with Crippen LogP contribution in [0.5, 0.6) is 0 Å². The molecule has 132 valence electrons. The van der Waals surface area contributed by atoms with Crippen LogP contribution in [0.4, 0.5) is 10.6 Å². The molecule has 1 aliphatic carbocycles. The average Bonchev–Trinajstić information content (AvgIpc) is 2.96. The number of nitrogens with one attached hydrogen (secondary N) is 2. The van der Waals surface area contributed by atoms with Crippen molar-refractivity contribution in [3.63, 3.8) is 0 Å². The monoisotopic (exact) mass is 343 g/mol. The number of amides is 2. The molecular weight excluding hydrogens is 322 g/mol. The van der Waals surface area contributed by atoms with Gasteiger partial charge >= 0.3 is 12.0 Å². The number of nitrogens with zero attached hydrogens (tertiary/aromatic N) is 3. The molecule has 2 amide bonds. The normalized spacial score (nSPS) is 20.0. The van der Waals surface area contributed by atoms with Gasteiger partial charge in [0, 0.05) is 18.3 Å². The highest BCUT2D eigenvalue weighted by molar-refractivity contribution is 5.88. The number of carboxylic acids is 1. The van der Waals surface area contributed by atoms with Crippen LogP contribution in [0.25, 0.3) is 5.82 Å². The van der Waals surface area contributed by atoms with E-state index in [-0.39, 0.29) is 18.0 Å². The number of urea groups is 1. The molecule has 8 heteroatoms. The second-order valence-corrected chi connectivity index (χ2v) is 6.26. The number of rotatable bonds is 4. The van der Waals surface area contributed by atoms with Crippen LogP contribution in [0.15, 0.2) is 30.5 Å². The Morgan fingerprint density at radius 1 is 1.24 bits per heavy atom. The number of hydrogen-bond acceptors (Lipinski definition) is 4. The number of pyridine rings is 1. The second-order valence-electron chi connectivity index (χ2n) is 6.26. The summed E-state index contributed by atoms with van der Waals surface area (Å²) in [5.41, 5.74) is 0.767. The lowest BCUT2D eigenvalue weighted by atomic mass is 9.86. The number of carboxylic acid groups (broad SMARTS) is 1. The fourth-order valence-electron chi connectivity index (χ4n) is 3.06. The number of hydrogen-bond donors (Lipinski definition) is 3.